The van der Waals surface area contributed by atoms with Crippen LogP contribution in [-0.2, 0) is 6.42 Å². The van der Waals surface area contributed by atoms with Crippen molar-refractivity contribution in [3.05, 3.63) is 34.1 Å². The highest BCUT2D eigenvalue weighted by molar-refractivity contribution is 9.10. The van der Waals surface area contributed by atoms with Crippen molar-refractivity contribution in [3.8, 4) is 0 Å². The van der Waals surface area contributed by atoms with Crippen molar-refractivity contribution < 1.29 is 4.39 Å². The molecule has 0 saturated heterocycles. The molecule has 0 amide bonds. The van der Waals surface area contributed by atoms with E-state index in [4.69, 9.17) is 5.84 Å². The summed E-state index contributed by atoms with van der Waals surface area (Å²) in [5, 5.41) is 0. The summed E-state index contributed by atoms with van der Waals surface area (Å²) < 4.78 is 14.0. The molecule has 0 saturated carbocycles. The van der Waals surface area contributed by atoms with Crippen LogP contribution in [0.3, 0.4) is 0 Å². The van der Waals surface area contributed by atoms with E-state index in [1.54, 1.807) is 6.07 Å². The van der Waals surface area contributed by atoms with Gasteiger partial charge in [-0.25, -0.2) is 4.39 Å². The van der Waals surface area contributed by atoms with Gasteiger partial charge < -0.3 is 0 Å². The molecule has 1 aromatic rings. The Morgan fingerprint density at radius 2 is 1.94 bits per heavy atom. The molecule has 17 heavy (non-hydrogen) atoms. The Kier molecular flexibility index (Phi) is 6.09. The minimum Gasteiger partial charge on any atom is -0.271 e. The van der Waals surface area contributed by atoms with Gasteiger partial charge in [0.2, 0.25) is 0 Å². The Morgan fingerprint density at radius 1 is 1.29 bits per heavy atom. The van der Waals surface area contributed by atoms with E-state index in [-0.39, 0.29) is 11.9 Å². The van der Waals surface area contributed by atoms with Crippen LogP contribution < -0.4 is 11.3 Å². The van der Waals surface area contributed by atoms with Gasteiger partial charge in [0.25, 0.3) is 0 Å². The molecule has 2 nitrogen and oxygen atoms in total. The number of hydrazine groups is 1. The zero-order valence-corrected chi connectivity index (χ0v) is 11.9. The van der Waals surface area contributed by atoms with Crippen molar-refractivity contribution in [1.29, 1.82) is 0 Å². The third-order valence-corrected chi connectivity index (χ3v) is 3.67. The van der Waals surface area contributed by atoms with E-state index in [2.05, 4.69) is 35.2 Å². The van der Waals surface area contributed by atoms with Crippen LogP contribution in [0.1, 0.15) is 32.3 Å². The monoisotopic (exact) mass is 302 g/mol. The second-order valence-electron chi connectivity index (χ2n) is 4.33. The zero-order valence-electron chi connectivity index (χ0n) is 10.3. The standard InChI is InChI=1S/C13H20BrFN2/c1-3-10(4-2)13(17-16)7-9-5-11(14)8-12(15)6-9/h5-6,8,10,13,17H,3-4,7,16H2,1-2H3. The van der Waals surface area contributed by atoms with Gasteiger partial charge in [-0.15, -0.1) is 0 Å². The van der Waals surface area contributed by atoms with Crippen molar-refractivity contribution in [2.45, 2.75) is 39.2 Å². The van der Waals surface area contributed by atoms with Gasteiger partial charge in [-0.3, -0.25) is 11.3 Å². The lowest BCUT2D eigenvalue weighted by Crippen LogP contribution is -2.42. The summed E-state index contributed by atoms with van der Waals surface area (Å²) in [7, 11) is 0. The molecule has 1 rings (SSSR count). The molecule has 0 aliphatic carbocycles. The predicted molar refractivity (Wildman–Crippen MR) is 73.0 cm³/mol. The molecule has 1 unspecified atom stereocenters. The quantitative estimate of drug-likeness (QED) is 0.624. The molecular formula is C13H20BrFN2. The van der Waals surface area contributed by atoms with Crippen LogP contribution in [-0.4, -0.2) is 6.04 Å². The fraction of sp³-hybridized carbons (Fsp3) is 0.538. The van der Waals surface area contributed by atoms with E-state index >= 15 is 0 Å². The minimum absolute atomic E-state index is 0.193. The summed E-state index contributed by atoms with van der Waals surface area (Å²) in [6, 6.07) is 5.16. The first-order chi connectivity index (χ1) is 8.10. The maximum absolute atomic E-state index is 13.3. The van der Waals surface area contributed by atoms with E-state index in [0.717, 1.165) is 29.3 Å². The van der Waals surface area contributed by atoms with Crippen molar-refractivity contribution in [2.24, 2.45) is 11.8 Å². The van der Waals surface area contributed by atoms with Crippen LogP contribution in [0.5, 0.6) is 0 Å². The molecule has 3 N–H and O–H groups in total. The third kappa shape index (κ3) is 4.37. The number of nitrogens with two attached hydrogens (primary N) is 1. The molecule has 4 heteroatoms. The molecule has 0 aliphatic rings. The normalized spacial score (nSPS) is 13.1. The lowest BCUT2D eigenvalue weighted by Gasteiger charge is -2.24. The molecule has 0 aliphatic heterocycles. The Morgan fingerprint density at radius 3 is 2.41 bits per heavy atom. The molecule has 0 spiro atoms. The summed E-state index contributed by atoms with van der Waals surface area (Å²) in [6.45, 7) is 4.31. The maximum Gasteiger partial charge on any atom is 0.124 e. The highest BCUT2D eigenvalue weighted by atomic mass is 79.9. The maximum atomic E-state index is 13.3. The molecule has 0 fully saturated rings. The summed E-state index contributed by atoms with van der Waals surface area (Å²) >= 11 is 3.30. The third-order valence-electron chi connectivity index (χ3n) is 3.21. The first kappa shape index (κ1) is 14.6. The van der Waals surface area contributed by atoms with Crippen molar-refractivity contribution in [3.63, 3.8) is 0 Å². The van der Waals surface area contributed by atoms with Gasteiger partial charge in [0.1, 0.15) is 5.82 Å². The number of benzene rings is 1. The summed E-state index contributed by atoms with van der Waals surface area (Å²) in [5.41, 5.74) is 3.82. The molecular weight excluding hydrogens is 283 g/mol. The number of nitrogens with one attached hydrogen (secondary N) is 1. The van der Waals surface area contributed by atoms with E-state index in [1.807, 2.05) is 6.07 Å². The Balaban J connectivity index is 2.79. The van der Waals surface area contributed by atoms with Crippen LogP contribution >= 0.6 is 15.9 Å². The number of hydrogen-bond donors (Lipinski definition) is 2. The Labute approximate surface area is 111 Å². The van der Waals surface area contributed by atoms with Crippen LogP contribution in [0.15, 0.2) is 22.7 Å². The first-order valence-electron chi connectivity index (χ1n) is 6.01. The molecule has 0 aromatic heterocycles. The second-order valence-corrected chi connectivity index (χ2v) is 5.25. The van der Waals surface area contributed by atoms with E-state index < -0.39 is 0 Å². The minimum atomic E-state index is -0.213. The molecule has 1 atom stereocenters. The van der Waals surface area contributed by atoms with Gasteiger partial charge in [-0.1, -0.05) is 42.6 Å². The van der Waals surface area contributed by atoms with Gasteiger partial charge in [-0.05, 0) is 36.1 Å². The van der Waals surface area contributed by atoms with E-state index in [9.17, 15) is 4.39 Å². The summed E-state index contributed by atoms with van der Waals surface area (Å²) in [4.78, 5) is 0. The van der Waals surface area contributed by atoms with Crippen LogP contribution in [0.4, 0.5) is 4.39 Å². The Hall–Kier alpha value is -0.450. The zero-order chi connectivity index (χ0) is 12.8. The highest BCUT2D eigenvalue weighted by Crippen LogP contribution is 2.20. The fourth-order valence-electron chi connectivity index (χ4n) is 2.20. The lowest BCUT2D eigenvalue weighted by molar-refractivity contribution is 0.335. The second kappa shape index (κ2) is 7.09. The first-order valence-corrected chi connectivity index (χ1v) is 6.81. The topological polar surface area (TPSA) is 38.0 Å². The fourth-order valence-corrected chi connectivity index (χ4v) is 2.71. The predicted octanol–water partition coefficient (Wildman–Crippen LogP) is 3.40. The number of rotatable bonds is 6. The van der Waals surface area contributed by atoms with E-state index in [0.29, 0.717) is 5.92 Å². The summed E-state index contributed by atoms with van der Waals surface area (Å²) in [6.07, 6.45) is 2.89. The average Bonchev–Trinajstić information content (AvgIpc) is 2.27. The molecule has 1 aromatic carbocycles. The Bertz CT molecular complexity index is 333. The lowest BCUT2D eigenvalue weighted by atomic mass is 9.90. The largest absolute Gasteiger partial charge is 0.271 e. The van der Waals surface area contributed by atoms with Crippen LogP contribution in [0.25, 0.3) is 0 Å². The van der Waals surface area contributed by atoms with Gasteiger partial charge >= 0.3 is 0 Å². The van der Waals surface area contributed by atoms with Gasteiger partial charge in [0, 0.05) is 10.5 Å². The van der Waals surface area contributed by atoms with Gasteiger partial charge in [0.05, 0.1) is 0 Å². The summed E-state index contributed by atoms with van der Waals surface area (Å²) in [5.74, 6) is 5.90. The highest BCUT2D eigenvalue weighted by Gasteiger charge is 2.17. The van der Waals surface area contributed by atoms with Crippen LogP contribution in [0.2, 0.25) is 0 Å². The smallest absolute Gasteiger partial charge is 0.124 e. The van der Waals surface area contributed by atoms with Crippen molar-refractivity contribution in [2.75, 3.05) is 0 Å². The van der Waals surface area contributed by atoms with Crippen LogP contribution in [0, 0.1) is 11.7 Å². The molecule has 0 radical (unpaired) electrons. The van der Waals surface area contributed by atoms with Gasteiger partial charge in [0.15, 0.2) is 0 Å². The molecule has 96 valence electrons. The van der Waals surface area contributed by atoms with Crippen molar-refractivity contribution in [1.82, 2.24) is 5.43 Å². The number of halogens is 2. The SMILES string of the molecule is CCC(CC)C(Cc1cc(F)cc(Br)c1)NN. The molecule has 0 bridgehead atoms. The van der Waals surface area contributed by atoms with Crippen molar-refractivity contribution >= 4 is 15.9 Å². The number of hydrogen-bond acceptors (Lipinski definition) is 2. The molecule has 0 heterocycles. The van der Waals surface area contributed by atoms with E-state index in [1.165, 1.54) is 6.07 Å². The average molecular weight is 303 g/mol. The van der Waals surface area contributed by atoms with Gasteiger partial charge in [-0.2, -0.15) is 0 Å².